The van der Waals surface area contributed by atoms with Gasteiger partial charge in [-0.25, -0.2) is 0 Å². The molecule has 6 aromatic rings. The molecule has 22 heteroatoms. The molecule has 4 aromatic heterocycles. The van der Waals surface area contributed by atoms with E-state index in [0.717, 1.165) is 0 Å². The second-order valence-corrected chi connectivity index (χ2v) is 16.0. The number of imidazole rings is 2. The zero-order valence-corrected chi connectivity index (χ0v) is 39.7. The second-order valence-electron chi connectivity index (χ2n) is 16.0. The van der Waals surface area contributed by atoms with Gasteiger partial charge in [0.05, 0.1) is 72.6 Å². The van der Waals surface area contributed by atoms with Gasteiger partial charge in [0.2, 0.25) is 29.0 Å². The Hall–Kier alpha value is -7.01. The Bertz CT molecular complexity index is 2770. The van der Waals surface area contributed by atoms with Crippen molar-refractivity contribution in [3.8, 4) is 0 Å². The first-order valence-electron chi connectivity index (χ1n) is 22.4. The Morgan fingerprint density at radius 2 is 1.12 bits per heavy atom. The fourth-order valence-electron chi connectivity index (χ4n) is 7.89. The van der Waals surface area contributed by atoms with E-state index in [1.165, 1.54) is 0 Å². The van der Waals surface area contributed by atoms with E-state index < -0.39 is 29.7 Å². The Kier molecular flexibility index (Phi) is 17.1. The van der Waals surface area contributed by atoms with Gasteiger partial charge in [0.15, 0.2) is 0 Å². The summed E-state index contributed by atoms with van der Waals surface area (Å²) in [5.74, 6) is -2.61. The smallest absolute Gasteiger partial charge is 0.298 e. The van der Waals surface area contributed by atoms with Gasteiger partial charge >= 0.3 is 0 Å². The van der Waals surface area contributed by atoms with E-state index in [2.05, 4.69) is 25.5 Å². The van der Waals surface area contributed by atoms with E-state index in [0.29, 0.717) is 108 Å². The lowest BCUT2D eigenvalue weighted by molar-refractivity contribution is -0.128. The SMILES string of the molecule is CCn1nc(C)cc1C(=O)N=c1n(C)c2cc(C(N)=O)ccc2n1CCC(CCn1c(=NC(=O)c2cc(C)nn2CC)n(C)c2cc(C(N)=O)ccc21)OCC(=O)NCCOCCOCCOC. The minimum Gasteiger partial charge on any atom is -0.382 e. The molecule has 0 spiro atoms. The lowest BCUT2D eigenvalue weighted by Crippen LogP contribution is -2.34. The third-order valence-electron chi connectivity index (χ3n) is 11.3. The Morgan fingerprint density at radius 3 is 1.56 bits per heavy atom. The largest absolute Gasteiger partial charge is 0.382 e. The van der Waals surface area contributed by atoms with Gasteiger partial charge < -0.3 is 54.0 Å². The number of hydrogen-bond acceptors (Lipinski definition) is 11. The third-order valence-corrected chi connectivity index (χ3v) is 11.3. The molecule has 22 nitrogen and oxygen atoms in total. The molecule has 0 fully saturated rings. The molecule has 5 amide bonds. The maximum Gasteiger partial charge on any atom is 0.298 e. The van der Waals surface area contributed by atoms with Gasteiger partial charge in [0.25, 0.3) is 11.8 Å². The number of nitrogens with two attached hydrogens (primary N) is 2. The maximum absolute atomic E-state index is 13.9. The monoisotopic (exact) mass is 939 g/mol. The summed E-state index contributed by atoms with van der Waals surface area (Å²) in [6, 6.07) is 13.4. The summed E-state index contributed by atoms with van der Waals surface area (Å²) in [7, 11) is 5.09. The van der Waals surface area contributed by atoms with Crippen molar-refractivity contribution in [2.24, 2.45) is 35.5 Å². The molecule has 5 N–H and O–H groups in total. The van der Waals surface area contributed by atoms with E-state index in [4.69, 9.17) is 30.4 Å². The van der Waals surface area contributed by atoms with Gasteiger partial charge in [-0.1, -0.05) is 0 Å². The van der Waals surface area contributed by atoms with E-state index in [9.17, 15) is 24.0 Å². The van der Waals surface area contributed by atoms with Crippen LogP contribution in [-0.2, 0) is 64.0 Å². The Labute approximate surface area is 392 Å². The average Bonchev–Trinajstić information content (AvgIpc) is 4.05. The van der Waals surface area contributed by atoms with Gasteiger partial charge in [-0.15, -0.1) is 0 Å². The molecule has 0 unspecified atom stereocenters. The Balaban J connectivity index is 1.34. The van der Waals surface area contributed by atoms with Crippen LogP contribution in [0.2, 0.25) is 0 Å². The zero-order valence-electron chi connectivity index (χ0n) is 39.7. The summed E-state index contributed by atoms with van der Waals surface area (Å²) in [4.78, 5) is 74.7. The highest BCUT2D eigenvalue weighted by Gasteiger charge is 2.22. The number of methoxy groups -OCH3 is 1. The number of fused-ring (bicyclic) bond motifs is 2. The highest BCUT2D eigenvalue weighted by molar-refractivity contribution is 5.98. The molecule has 68 heavy (non-hydrogen) atoms. The van der Waals surface area contributed by atoms with E-state index in [1.54, 1.807) is 102 Å². The standard InChI is InChI=1S/C46H61N13O9/c1-8-58-38(24-29(3)52-58)43(63)50-45-54(5)36-26-31(41(47)61)10-12-34(36)56(45)17-14-33(68-28-40(60)49-16-19-66-22-23-67-21-20-65-7)15-18-57-35-13-11-32(42(48)62)27-37(35)55(6)46(57)51-44(64)39-25-30(4)53-59(39)9-2/h10-13,24-27,33H,8-9,14-23,28H2,1-7H3,(H2,47,61)(H2,48,62)(H,49,60). The Morgan fingerprint density at radius 1 is 0.662 bits per heavy atom. The van der Waals surface area contributed by atoms with Crippen LogP contribution in [-0.4, -0.2) is 127 Å². The summed E-state index contributed by atoms with van der Waals surface area (Å²) in [6.07, 6.45) is 0.00392. The normalized spacial score (nSPS) is 12.7. The van der Waals surface area contributed by atoms with Crippen LogP contribution < -0.4 is 28.0 Å². The van der Waals surface area contributed by atoms with Crippen molar-refractivity contribution in [1.29, 1.82) is 0 Å². The van der Waals surface area contributed by atoms with E-state index in [-0.39, 0.29) is 49.9 Å². The number of amides is 5. The predicted octanol–water partition coefficient (Wildman–Crippen LogP) is 1.66. The first kappa shape index (κ1) is 50.4. The maximum atomic E-state index is 13.9. The fourth-order valence-corrected chi connectivity index (χ4v) is 7.89. The molecular formula is C46H61N13O9. The van der Waals surface area contributed by atoms with Crippen molar-refractivity contribution in [3.63, 3.8) is 0 Å². The molecule has 0 bridgehead atoms. The van der Waals surface area contributed by atoms with Crippen LogP contribution in [0.1, 0.15) is 79.8 Å². The van der Waals surface area contributed by atoms with Crippen LogP contribution >= 0.6 is 0 Å². The van der Waals surface area contributed by atoms with Gasteiger partial charge in [-0.2, -0.15) is 20.2 Å². The first-order chi connectivity index (χ1) is 32.6. The minimum atomic E-state index is -0.613. The van der Waals surface area contributed by atoms with Crippen LogP contribution in [0.25, 0.3) is 22.1 Å². The number of aryl methyl sites for hydroxylation is 8. The molecule has 0 saturated carbocycles. The number of ether oxygens (including phenoxy) is 4. The van der Waals surface area contributed by atoms with Crippen molar-refractivity contribution in [2.75, 3.05) is 53.3 Å². The number of carbonyl (C=O) groups is 5. The number of primary amides is 2. The summed E-state index contributed by atoms with van der Waals surface area (Å²) in [5.41, 5.74) is 17.0. The molecule has 0 atom stereocenters. The van der Waals surface area contributed by atoms with Crippen LogP contribution in [0.3, 0.4) is 0 Å². The van der Waals surface area contributed by atoms with Crippen LogP contribution in [0.5, 0.6) is 0 Å². The summed E-state index contributed by atoms with van der Waals surface area (Å²) in [5, 5.41) is 11.7. The number of hydrogen-bond donors (Lipinski definition) is 3. The molecule has 4 heterocycles. The van der Waals surface area contributed by atoms with E-state index >= 15 is 0 Å². The summed E-state index contributed by atoms with van der Waals surface area (Å²) >= 11 is 0. The second kappa shape index (κ2) is 23.1. The average molecular weight is 940 g/mol. The summed E-state index contributed by atoms with van der Waals surface area (Å²) < 4.78 is 32.7. The molecule has 0 aliphatic rings. The highest BCUT2D eigenvalue weighted by atomic mass is 16.5. The predicted molar refractivity (Wildman–Crippen MR) is 249 cm³/mol. The van der Waals surface area contributed by atoms with Gasteiger partial charge in [-0.05, 0) is 89.1 Å². The molecule has 2 aromatic carbocycles. The van der Waals surface area contributed by atoms with Crippen molar-refractivity contribution in [3.05, 3.63) is 93.7 Å². The van der Waals surface area contributed by atoms with Crippen molar-refractivity contribution in [1.82, 2.24) is 43.1 Å². The molecule has 0 saturated heterocycles. The molecule has 364 valence electrons. The lowest BCUT2D eigenvalue weighted by Gasteiger charge is -2.19. The quantitative estimate of drug-likeness (QED) is 0.0735. The van der Waals surface area contributed by atoms with Crippen molar-refractivity contribution >= 4 is 51.6 Å². The number of nitrogens with zero attached hydrogens (tertiary/aromatic N) is 10. The number of aromatic nitrogens is 8. The van der Waals surface area contributed by atoms with Crippen LogP contribution in [0.4, 0.5) is 0 Å². The lowest BCUT2D eigenvalue weighted by atomic mass is 10.1. The fraction of sp³-hybridized carbons (Fsp3) is 0.457. The number of rotatable bonds is 24. The molecular weight excluding hydrogens is 879 g/mol. The van der Waals surface area contributed by atoms with Gasteiger partial charge in [0.1, 0.15) is 18.0 Å². The third kappa shape index (κ3) is 11.9. The van der Waals surface area contributed by atoms with Crippen LogP contribution in [0, 0.1) is 13.8 Å². The highest BCUT2D eigenvalue weighted by Crippen LogP contribution is 2.20. The molecule has 6 rings (SSSR count). The van der Waals surface area contributed by atoms with Gasteiger partial charge in [-0.3, -0.25) is 33.3 Å². The van der Waals surface area contributed by atoms with Gasteiger partial charge in [0, 0.05) is 65.1 Å². The topological polar surface area (TPSA) is 266 Å². The molecule has 0 radical (unpaired) electrons. The minimum absolute atomic E-state index is 0.244. The molecule has 0 aliphatic carbocycles. The number of nitrogens with one attached hydrogen (secondary N) is 1. The van der Waals surface area contributed by atoms with Crippen molar-refractivity contribution < 1.29 is 42.9 Å². The summed E-state index contributed by atoms with van der Waals surface area (Å²) in [6.45, 7) is 10.7. The van der Waals surface area contributed by atoms with Crippen LogP contribution in [0.15, 0.2) is 58.5 Å². The number of carbonyl (C=O) groups excluding carboxylic acids is 5. The van der Waals surface area contributed by atoms with E-state index in [1.807, 2.05) is 23.0 Å². The first-order valence-corrected chi connectivity index (χ1v) is 22.4. The number of benzene rings is 2. The van der Waals surface area contributed by atoms with Crippen molar-refractivity contribution in [2.45, 2.75) is 72.8 Å². The zero-order chi connectivity index (χ0) is 49.1. The molecule has 0 aliphatic heterocycles.